The molecule has 0 spiro atoms. The Kier molecular flexibility index (Phi) is 9.08. The second kappa shape index (κ2) is 10.3. The van der Waals surface area contributed by atoms with Gasteiger partial charge in [0.1, 0.15) is 5.75 Å². The monoisotopic (exact) mass is 335 g/mol. The number of para-hydroxylation sites is 2. The standard InChI is InChI=1S/2C7H7NO2.Cu/c2*9-7-4-2-1-3-6(7)5-8-10;/h2*1-5,9-10H;/q;;+2/p-2/b2*8-5+;. The molecule has 2 rings (SSSR count). The van der Waals surface area contributed by atoms with Gasteiger partial charge in [0.2, 0.25) is 0 Å². The van der Waals surface area contributed by atoms with Crippen molar-refractivity contribution in [1.82, 2.24) is 0 Å². The molecule has 1 radical (unpaired) electrons. The van der Waals surface area contributed by atoms with Crippen molar-refractivity contribution in [3.63, 3.8) is 0 Å². The number of hydrogen-bond acceptors (Lipinski definition) is 6. The summed E-state index contributed by atoms with van der Waals surface area (Å²) in [5.41, 5.74) is 0.836. The van der Waals surface area contributed by atoms with Crippen LogP contribution in [0.15, 0.2) is 58.8 Å². The molecular formula is C14H12CuN2O4. The minimum Gasteiger partial charge on any atom is -0.872 e. The molecule has 0 saturated carbocycles. The van der Waals surface area contributed by atoms with Crippen LogP contribution in [-0.4, -0.2) is 22.7 Å². The van der Waals surface area contributed by atoms with Gasteiger partial charge < -0.3 is 25.8 Å². The molecule has 2 aromatic rings. The fourth-order valence-corrected chi connectivity index (χ4v) is 1.30. The molecule has 0 saturated heterocycles. The van der Waals surface area contributed by atoms with Crippen molar-refractivity contribution < 1.29 is 32.5 Å². The van der Waals surface area contributed by atoms with Gasteiger partial charge in [-0.3, -0.25) is 0 Å². The Morgan fingerprint density at radius 3 is 2.00 bits per heavy atom. The summed E-state index contributed by atoms with van der Waals surface area (Å²) in [5, 5.41) is 42.9. The van der Waals surface area contributed by atoms with Crippen LogP contribution in [0.5, 0.6) is 11.5 Å². The van der Waals surface area contributed by atoms with Gasteiger partial charge in [0.25, 0.3) is 0 Å². The van der Waals surface area contributed by atoms with Crippen LogP contribution in [0.25, 0.3) is 0 Å². The van der Waals surface area contributed by atoms with Crippen molar-refractivity contribution in [1.29, 1.82) is 0 Å². The second-order valence-electron chi connectivity index (χ2n) is 3.58. The Morgan fingerprint density at radius 2 is 1.48 bits per heavy atom. The Labute approximate surface area is 132 Å². The van der Waals surface area contributed by atoms with E-state index in [4.69, 9.17) is 10.3 Å². The zero-order valence-electron chi connectivity index (χ0n) is 10.7. The molecular weight excluding hydrogens is 324 g/mol. The quantitative estimate of drug-likeness (QED) is 0.377. The van der Waals surface area contributed by atoms with Crippen molar-refractivity contribution in [3.8, 4) is 11.5 Å². The van der Waals surface area contributed by atoms with E-state index in [1.807, 2.05) is 0 Å². The Balaban J connectivity index is 0.000000364. The van der Waals surface area contributed by atoms with Gasteiger partial charge in [0.15, 0.2) is 0 Å². The number of rotatable bonds is 2. The molecule has 2 aromatic carbocycles. The maximum atomic E-state index is 10.8. The van der Waals surface area contributed by atoms with E-state index in [-0.39, 0.29) is 28.6 Å². The second-order valence-corrected chi connectivity index (χ2v) is 3.58. The van der Waals surface area contributed by atoms with Gasteiger partial charge in [-0.1, -0.05) is 41.6 Å². The van der Waals surface area contributed by atoms with Crippen molar-refractivity contribution in [2.45, 2.75) is 0 Å². The minimum atomic E-state index is -0.179. The molecule has 0 aromatic heterocycles. The van der Waals surface area contributed by atoms with Gasteiger partial charge in [-0.25, -0.2) is 0 Å². The van der Waals surface area contributed by atoms with Crippen LogP contribution >= 0.6 is 0 Å². The molecule has 0 unspecified atom stereocenters. The van der Waals surface area contributed by atoms with Crippen LogP contribution in [0, 0.1) is 5.21 Å². The van der Waals surface area contributed by atoms with E-state index in [9.17, 15) is 10.3 Å². The third-order valence-electron chi connectivity index (χ3n) is 2.24. The van der Waals surface area contributed by atoms with Crippen molar-refractivity contribution >= 4 is 12.4 Å². The summed E-state index contributed by atoms with van der Waals surface area (Å²) in [6.07, 6.45) is 2.18. The van der Waals surface area contributed by atoms with E-state index in [0.717, 1.165) is 6.21 Å². The fourth-order valence-electron chi connectivity index (χ4n) is 1.30. The molecule has 0 bridgehead atoms. The zero-order valence-corrected chi connectivity index (χ0v) is 11.6. The summed E-state index contributed by atoms with van der Waals surface area (Å²) < 4.78 is 0. The third-order valence-corrected chi connectivity index (χ3v) is 2.24. The predicted octanol–water partition coefficient (Wildman–Crippen LogP) is 1.87. The van der Waals surface area contributed by atoms with Gasteiger partial charge >= 0.3 is 17.1 Å². The van der Waals surface area contributed by atoms with E-state index >= 15 is 0 Å². The third kappa shape index (κ3) is 6.47. The Morgan fingerprint density at radius 1 is 0.905 bits per heavy atom. The maximum absolute atomic E-state index is 10.8. The molecule has 0 heterocycles. The number of hydrogen-bond donors (Lipinski definition) is 2. The number of phenolic OH excluding ortho intramolecular Hbond substituents is 1. The van der Waals surface area contributed by atoms with Crippen molar-refractivity contribution in [3.05, 3.63) is 64.9 Å². The normalized spacial score (nSPS) is 9.90. The molecule has 0 amide bonds. The number of nitrogens with zero attached hydrogens (tertiary/aromatic N) is 2. The fraction of sp³-hybridized carbons (Fsp3) is 0. The molecule has 21 heavy (non-hydrogen) atoms. The van der Waals surface area contributed by atoms with E-state index in [0.29, 0.717) is 11.1 Å². The summed E-state index contributed by atoms with van der Waals surface area (Å²) >= 11 is 0. The van der Waals surface area contributed by atoms with E-state index in [1.54, 1.807) is 36.4 Å². The van der Waals surface area contributed by atoms with E-state index in [1.165, 1.54) is 18.3 Å². The molecule has 2 N–H and O–H groups in total. The van der Waals surface area contributed by atoms with Crippen LogP contribution in [0.4, 0.5) is 0 Å². The van der Waals surface area contributed by atoms with Crippen LogP contribution in [0.1, 0.15) is 11.1 Å². The van der Waals surface area contributed by atoms with E-state index < -0.39 is 0 Å². The molecule has 0 aliphatic heterocycles. The van der Waals surface area contributed by atoms with Gasteiger partial charge in [-0.2, -0.15) is 0 Å². The smallest absolute Gasteiger partial charge is 0.872 e. The summed E-state index contributed by atoms with van der Waals surface area (Å²) in [7, 11) is 0. The summed E-state index contributed by atoms with van der Waals surface area (Å²) in [4.78, 5) is 0. The molecule has 6 nitrogen and oxygen atoms in total. The van der Waals surface area contributed by atoms with Gasteiger partial charge in [-0.05, 0) is 17.7 Å². The number of benzene rings is 2. The molecule has 0 fully saturated rings. The average Bonchev–Trinajstić information content (AvgIpc) is 2.45. The van der Waals surface area contributed by atoms with Crippen LogP contribution in [0.3, 0.4) is 0 Å². The Bertz CT molecular complexity index is 550. The first-order valence-electron chi connectivity index (χ1n) is 5.56. The van der Waals surface area contributed by atoms with E-state index in [2.05, 4.69) is 10.3 Å². The van der Waals surface area contributed by atoms with Gasteiger partial charge in [0, 0.05) is 11.8 Å². The molecule has 0 atom stereocenters. The first kappa shape index (κ1) is 18.5. The van der Waals surface area contributed by atoms with Gasteiger partial charge in [0.05, 0.1) is 6.21 Å². The summed E-state index contributed by atoms with van der Waals surface area (Å²) in [6.45, 7) is 0. The Hall–Kier alpha value is -2.50. The zero-order chi connectivity index (χ0) is 14.8. The molecule has 0 aliphatic carbocycles. The topological polar surface area (TPSA) is 111 Å². The number of aromatic hydroxyl groups is 1. The molecule has 7 heteroatoms. The number of oxime groups is 1. The first-order valence-corrected chi connectivity index (χ1v) is 5.56. The SMILES string of the molecule is O/N=C/c1ccccc1O.[Cu+2].[O-]/N=C/c1ccccc1[O-]. The van der Waals surface area contributed by atoms with Crippen LogP contribution in [-0.2, 0) is 17.1 Å². The average molecular weight is 336 g/mol. The predicted molar refractivity (Wildman–Crippen MR) is 74.3 cm³/mol. The summed E-state index contributed by atoms with van der Waals surface area (Å²) in [5.74, 6) is -0.0672. The van der Waals surface area contributed by atoms with Crippen molar-refractivity contribution in [2.75, 3.05) is 0 Å². The van der Waals surface area contributed by atoms with Crippen LogP contribution in [0.2, 0.25) is 0 Å². The minimum absolute atomic E-state index is 0. The largest absolute Gasteiger partial charge is 2.00 e. The van der Waals surface area contributed by atoms with Gasteiger partial charge in [-0.15, -0.1) is 5.75 Å². The van der Waals surface area contributed by atoms with Crippen LogP contribution < -0.4 is 5.11 Å². The molecule has 0 aliphatic rings. The molecule has 113 valence electrons. The number of phenols is 1. The first-order chi connectivity index (χ1) is 9.69. The maximum Gasteiger partial charge on any atom is 2.00 e. The van der Waals surface area contributed by atoms with Crippen molar-refractivity contribution in [2.24, 2.45) is 10.3 Å². The summed E-state index contributed by atoms with van der Waals surface area (Å²) in [6, 6.07) is 12.8.